The molecule has 0 saturated carbocycles. The van der Waals surface area contributed by atoms with E-state index in [-0.39, 0.29) is 0 Å². The number of hydrogen-bond donors (Lipinski definition) is 0. The first-order valence-corrected chi connectivity index (χ1v) is 30.8. The minimum absolute atomic E-state index is 0.485. The number of furan rings is 2. The number of nitrogens with zero attached hydrogens (tertiary/aromatic N) is 9. The molecule has 0 atom stereocenters. The van der Waals surface area contributed by atoms with Crippen molar-refractivity contribution in [3.63, 3.8) is 0 Å². The van der Waals surface area contributed by atoms with Crippen LogP contribution in [0.5, 0.6) is 0 Å². The van der Waals surface area contributed by atoms with Crippen LogP contribution in [0, 0.1) is 6.92 Å². The molecule has 0 aliphatic rings. The molecule has 87 heavy (non-hydrogen) atoms. The van der Waals surface area contributed by atoms with Gasteiger partial charge in [-0.3, -0.25) is 34.9 Å². The van der Waals surface area contributed by atoms with Gasteiger partial charge in [-0.2, -0.15) is 0 Å². The van der Waals surface area contributed by atoms with E-state index in [4.69, 9.17) is 8.83 Å². The summed E-state index contributed by atoms with van der Waals surface area (Å²) in [5, 5.41) is 1.23. The lowest BCUT2D eigenvalue weighted by Gasteiger charge is -2.05. The molecule has 0 aliphatic heterocycles. The number of aryl methyl sites for hydroxylation is 1. The van der Waals surface area contributed by atoms with Crippen LogP contribution in [0.2, 0.25) is 0 Å². The number of aromatic nitrogens is 9. The maximum Gasteiger partial charge on any atom is 0.136 e. The van der Waals surface area contributed by atoms with E-state index in [1.54, 1.807) is 43.6 Å². The van der Waals surface area contributed by atoms with E-state index in [1.165, 1.54) is 38.9 Å². The Hall–Kier alpha value is -8.44. The fourth-order valence-electron chi connectivity index (χ4n) is 7.75. The molecule has 11 heteroatoms. The normalized spacial score (nSPS) is 10.5. The van der Waals surface area contributed by atoms with Crippen LogP contribution >= 0.6 is 0 Å². The molecule has 0 fully saturated rings. The summed E-state index contributed by atoms with van der Waals surface area (Å²) in [4.78, 5) is 33.3. The largest absolute Gasteiger partial charge is 0.472 e. The molecule has 0 saturated heterocycles. The van der Waals surface area contributed by atoms with Gasteiger partial charge in [-0.25, -0.2) is 4.98 Å². The van der Waals surface area contributed by atoms with Crippen molar-refractivity contribution in [2.24, 2.45) is 0 Å². The second-order valence-electron chi connectivity index (χ2n) is 23.7. The molecular formula is C76H101N9O2. The Balaban J connectivity index is 0.000000257. The van der Waals surface area contributed by atoms with Gasteiger partial charge in [-0.15, -0.1) is 0 Å². The monoisotopic (exact) mass is 1170 g/mol. The first-order chi connectivity index (χ1) is 41.6. The Morgan fingerprint density at radius 2 is 1.00 bits per heavy atom. The molecule has 11 nitrogen and oxygen atoms in total. The summed E-state index contributed by atoms with van der Waals surface area (Å²) in [5.74, 6) is 6.02. The highest BCUT2D eigenvalue weighted by atomic mass is 16.3. The van der Waals surface area contributed by atoms with Crippen LogP contribution in [0.15, 0.2) is 223 Å². The zero-order valence-electron chi connectivity index (χ0n) is 55.7. The average molecular weight is 1170 g/mol. The summed E-state index contributed by atoms with van der Waals surface area (Å²) in [6.07, 6.45) is 27.5. The smallest absolute Gasteiger partial charge is 0.136 e. The van der Waals surface area contributed by atoms with Crippen LogP contribution in [0.3, 0.4) is 0 Å². The van der Waals surface area contributed by atoms with Crippen molar-refractivity contribution >= 4 is 16.6 Å². The molecule has 462 valence electrons. The Morgan fingerprint density at radius 1 is 0.379 bits per heavy atom. The van der Waals surface area contributed by atoms with E-state index in [2.05, 4.69) is 206 Å². The summed E-state index contributed by atoms with van der Waals surface area (Å²) >= 11 is 0. The van der Waals surface area contributed by atoms with Crippen LogP contribution in [-0.2, 0) is 0 Å². The standard InChI is InChI=1S/C12H13N.C10H12N2.C9H13N.3C8H11N.C7H10N2.2C7H10O/c1-9(2)11-7-10-5-3-4-6-12(10)13-8-11;1-8(2)9-7-12-6-4-3-5-10(12)11-9;1-7(2)9-8(3)5-4-6-10-9;1-7(2)8-3-5-9-6-4-8;1-7(2)8-4-3-5-9-6-8;1-7(2)8-5-3-4-6-9-8;1-6(2)7-5-8-3-4-9-7;1-6(2)7-3-4-8-5-7;1-6(2)7-4-3-5-8-7/h3-9H,1-2H3;3-8H,1-2H3;4-7H,1-3H3;3*3-7H,1-2H3;3-6H,1-2H3;2*3-6H,1-2H3. The summed E-state index contributed by atoms with van der Waals surface area (Å²) in [7, 11) is 0. The van der Waals surface area contributed by atoms with Gasteiger partial charge in [-0.05, 0) is 161 Å². The molecule has 10 aromatic heterocycles. The molecular weight excluding hydrogens is 1070 g/mol. The van der Waals surface area contributed by atoms with E-state index >= 15 is 0 Å². The molecule has 1 aromatic carbocycles. The Morgan fingerprint density at radius 3 is 1.44 bits per heavy atom. The van der Waals surface area contributed by atoms with Gasteiger partial charge in [0.05, 0.1) is 35.7 Å². The zero-order valence-corrected chi connectivity index (χ0v) is 55.7. The quantitative estimate of drug-likeness (QED) is 0.137. The van der Waals surface area contributed by atoms with E-state index in [1.807, 2.05) is 140 Å². The van der Waals surface area contributed by atoms with Crippen molar-refractivity contribution < 1.29 is 8.83 Å². The number of imidazole rings is 1. The molecule has 0 radical (unpaired) electrons. The van der Waals surface area contributed by atoms with Crippen molar-refractivity contribution in [1.82, 2.24) is 44.3 Å². The lowest BCUT2D eigenvalue weighted by molar-refractivity contribution is 0.487. The van der Waals surface area contributed by atoms with Crippen LogP contribution < -0.4 is 0 Å². The maximum absolute atomic E-state index is 5.09. The molecule has 0 amide bonds. The first kappa shape index (κ1) is 72.8. The highest BCUT2D eigenvalue weighted by Gasteiger charge is 2.05. The number of pyridine rings is 6. The van der Waals surface area contributed by atoms with E-state index in [9.17, 15) is 0 Å². The molecule has 0 spiro atoms. The molecule has 0 aliphatic carbocycles. The lowest BCUT2D eigenvalue weighted by Crippen LogP contribution is -1.94. The third-order valence-electron chi connectivity index (χ3n) is 13.3. The van der Waals surface area contributed by atoms with Gasteiger partial charge >= 0.3 is 0 Å². The van der Waals surface area contributed by atoms with Crippen molar-refractivity contribution in [3.05, 3.63) is 271 Å². The Labute approximate surface area is 522 Å². The van der Waals surface area contributed by atoms with Crippen molar-refractivity contribution in [2.75, 3.05) is 0 Å². The van der Waals surface area contributed by atoms with E-state index in [0.717, 1.165) is 34.0 Å². The van der Waals surface area contributed by atoms with E-state index in [0.29, 0.717) is 53.3 Å². The predicted molar refractivity (Wildman–Crippen MR) is 365 cm³/mol. The number of fused-ring (bicyclic) bond motifs is 2. The van der Waals surface area contributed by atoms with Gasteiger partial charge in [-0.1, -0.05) is 167 Å². The second-order valence-corrected chi connectivity index (χ2v) is 23.7. The van der Waals surface area contributed by atoms with Gasteiger partial charge in [0.25, 0.3) is 0 Å². The summed E-state index contributed by atoms with van der Waals surface area (Å²) in [6, 6.07) is 40.6. The lowest BCUT2D eigenvalue weighted by atomic mass is 10.0. The van der Waals surface area contributed by atoms with Gasteiger partial charge in [0.15, 0.2) is 0 Å². The average Bonchev–Trinajstić information content (AvgIpc) is 2.97. The second kappa shape index (κ2) is 40.8. The first-order valence-electron chi connectivity index (χ1n) is 30.8. The highest BCUT2D eigenvalue weighted by Crippen LogP contribution is 2.20. The number of hydrogen-bond acceptors (Lipinski definition) is 10. The van der Waals surface area contributed by atoms with Crippen molar-refractivity contribution in [2.45, 2.75) is 185 Å². The number of para-hydroxylation sites is 1. The van der Waals surface area contributed by atoms with E-state index < -0.39 is 0 Å². The van der Waals surface area contributed by atoms with Gasteiger partial charge < -0.3 is 13.2 Å². The highest BCUT2D eigenvalue weighted by molar-refractivity contribution is 5.78. The number of benzene rings is 1. The minimum Gasteiger partial charge on any atom is -0.472 e. The van der Waals surface area contributed by atoms with Crippen LogP contribution in [0.1, 0.15) is 234 Å². The fraction of sp³-hybridized carbons (Fsp3) is 0.368. The van der Waals surface area contributed by atoms with Gasteiger partial charge in [0, 0.05) is 97.1 Å². The number of rotatable bonds is 9. The molecule has 0 unspecified atom stereocenters. The van der Waals surface area contributed by atoms with Crippen molar-refractivity contribution in [3.8, 4) is 0 Å². The maximum atomic E-state index is 5.09. The van der Waals surface area contributed by atoms with Gasteiger partial charge in [0.1, 0.15) is 11.4 Å². The predicted octanol–water partition coefficient (Wildman–Crippen LogP) is 21.4. The SMILES string of the molecule is CC(C)c1ccccn1.CC(C)c1cccnc1.CC(C)c1ccco1.CC(C)c1ccncc1.CC(C)c1ccoc1.CC(C)c1cn2ccccc2n1.CC(C)c1cnc2ccccc2c1.CC(C)c1cnccn1.Cc1cccnc1C(C)C. The van der Waals surface area contributed by atoms with Crippen LogP contribution in [-0.4, -0.2) is 44.3 Å². The molecule has 0 bridgehead atoms. The summed E-state index contributed by atoms with van der Waals surface area (Å²) in [6.45, 7) is 40.8. The Bertz CT molecular complexity index is 3170. The Kier molecular flexibility index (Phi) is 34.1. The van der Waals surface area contributed by atoms with Crippen LogP contribution in [0.4, 0.5) is 0 Å². The third-order valence-corrected chi connectivity index (χ3v) is 13.3. The zero-order chi connectivity index (χ0) is 64.1. The van der Waals surface area contributed by atoms with Gasteiger partial charge in [0.2, 0.25) is 0 Å². The topological polar surface area (TPSA) is 134 Å². The molecule has 11 rings (SSSR count). The molecule has 10 heterocycles. The summed E-state index contributed by atoms with van der Waals surface area (Å²) in [5.41, 5.74) is 13.2. The van der Waals surface area contributed by atoms with Crippen molar-refractivity contribution in [1.29, 1.82) is 0 Å². The minimum atomic E-state index is 0.485. The van der Waals surface area contributed by atoms with Crippen LogP contribution in [0.25, 0.3) is 16.6 Å². The molecule has 11 aromatic rings. The fourth-order valence-corrected chi connectivity index (χ4v) is 7.75. The third kappa shape index (κ3) is 29.0. The molecule has 0 N–H and O–H groups in total. The summed E-state index contributed by atoms with van der Waals surface area (Å²) < 4.78 is 12.0.